The molecule has 1 saturated heterocycles. The van der Waals surface area contributed by atoms with Gasteiger partial charge in [0.25, 0.3) is 0 Å². The Bertz CT molecular complexity index is 531. The van der Waals surface area contributed by atoms with Crippen molar-refractivity contribution in [1.29, 1.82) is 0 Å². The van der Waals surface area contributed by atoms with Crippen molar-refractivity contribution in [2.24, 2.45) is 5.41 Å². The van der Waals surface area contributed by atoms with Crippen LogP contribution in [0.1, 0.15) is 23.6 Å². The van der Waals surface area contributed by atoms with Crippen molar-refractivity contribution in [1.82, 2.24) is 10.6 Å². The highest BCUT2D eigenvalue weighted by atomic mass is 32.1. The van der Waals surface area contributed by atoms with E-state index in [1.807, 2.05) is 12.1 Å². The summed E-state index contributed by atoms with van der Waals surface area (Å²) in [7, 11) is 0. The van der Waals surface area contributed by atoms with Crippen LogP contribution in [0.4, 0.5) is 4.79 Å². The minimum Gasteiger partial charge on any atom is -0.481 e. The number of thiophene rings is 1. The van der Waals surface area contributed by atoms with Gasteiger partial charge in [-0.25, -0.2) is 4.79 Å². The maximum atomic E-state index is 11.9. The van der Waals surface area contributed by atoms with E-state index in [1.165, 1.54) is 4.88 Å². The first-order valence-electron chi connectivity index (χ1n) is 6.89. The Morgan fingerprint density at radius 3 is 2.81 bits per heavy atom. The monoisotopic (exact) mass is 312 g/mol. The molecule has 2 amide bonds. The second-order valence-corrected chi connectivity index (χ2v) is 6.59. The Kier molecular flexibility index (Phi) is 4.84. The van der Waals surface area contributed by atoms with Crippen LogP contribution in [0, 0.1) is 5.41 Å². The summed E-state index contributed by atoms with van der Waals surface area (Å²) in [4.78, 5) is 25.5. The summed E-state index contributed by atoms with van der Waals surface area (Å²) in [5.41, 5.74) is -1.07. The van der Waals surface area contributed by atoms with Crippen LogP contribution in [0.15, 0.2) is 12.1 Å². The molecule has 7 heteroatoms. The average molecular weight is 312 g/mol. The fraction of sp³-hybridized carbons (Fsp3) is 0.571. The van der Waals surface area contributed by atoms with Gasteiger partial charge in [-0.2, -0.15) is 0 Å². The van der Waals surface area contributed by atoms with Crippen molar-refractivity contribution in [2.45, 2.75) is 32.9 Å². The Morgan fingerprint density at radius 1 is 1.48 bits per heavy atom. The number of aryl methyl sites for hydroxylation is 1. The lowest BCUT2D eigenvalue weighted by atomic mass is 9.85. The number of ether oxygens (including phenoxy) is 1. The average Bonchev–Trinajstić information content (AvgIpc) is 3.05. The molecule has 0 aromatic carbocycles. The fourth-order valence-electron chi connectivity index (χ4n) is 2.17. The highest BCUT2D eigenvalue weighted by molar-refractivity contribution is 7.11. The molecule has 2 heterocycles. The van der Waals surface area contributed by atoms with E-state index in [0.717, 1.165) is 11.3 Å². The van der Waals surface area contributed by atoms with E-state index >= 15 is 0 Å². The number of hydrogen-bond acceptors (Lipinski definition) is 4. The van der Waals surface area contributed by atoms with Gasteiger partial charge in [0.15, 0.2) is 0 Å². The van der Waals surface area contributed by atoms with E-state index in [4.69, 9.17) is 4.74 Å². The van der Waals surface area contributed by atoms with Crippen molar-refractivity contribution in [3.63, 3.8) is 0 Å². The zero-order valence-electron chi connectivity index (χ0n) is 12.1. The molecule has 1 fully saturated rings. The minimum atomic E-state index is -1.07. The Labute approximate surface area is 127 Å². The first-order chi connectivity index (χ1) is 9.95. The van der Waals surface area contributed by atoms with E-state index in [2.05, 4.69) is 17.6 Å². The van der Waals surface area contributed by atoms with Gasteiger partial charge in [-0.1, -0.05) is 6.92 Å². The number of aliphatic carboxylic acids is 1. The Hall–Kier alpha value is -1.60. The van der Waals surface area contributed by atoms with E-state index < -0.39 is 17.4 Å². The number of carbonyl (C=O) groups excluding carboxylic acids is 1. The molecule has 0 saturated carbocycles. The molecular formula is C14H20N2O4S. The van der Waals surface area contributed by atoms with Crippen LogP contribution >= 0.6 is 11.3 Å². The molecule has 3 N–H and O–H groups in total. The van der Waals surface area contributed by atoms with Crippen LogP contribution in [0.5, 0.6) is 0 Å². The lowest BCUT2D eigenvalue weighted by Gasteiger charge is -2.25. The largest absolute Gasteiger partial charge is 0.481 e. The SMILES string of the molecule is CCc1ccc(CNC(=O)NC2COCC2(C)C(=O)O)s1. The lowest BCUT2D eigenvalue weighted by molar-refractivity contribution is -0.148. The van der Waals surface area contributed by atoms with Crippen molar-refractivity contribution >= 4 is 23.3 Å². The number of rotatable bonds is 5. The van der Waals surface area contributed by atoms with E-state index in [-0.39, 0.29) is 19.2 Å². The van der Waals surface area contributed by atoms with Crippen LogP contribution in [-0.4, -0.2) is 36.4 Å². The predicted molar refractivity (Wildman–Crippen MR) is 79.4 cm³/mol. The van der Waals surface area contributed by atoms with Gasteiger partial charge in [-0.3, -0.25) is 4.79 Å². The molecule has 0 aliphatic carbocycles. The quantitative estimate of drug-likeness (QED) is 0.770. The summed E-state index contributed by atoms with van der Waals surface area (Å²) in [5.74, 6) is -0.962. The molecule has 6 nitrogen and oxygen atoms in total. The zero-order chi connectivity index (χ0) is 15.5. The summed E-state index contributed by atoms with van der Waals surface area (Å²) in [5, 5.41) is 14.7. The third kappa shape index (κ3) is 3.54. The number of urea groups is 1. The van der Waals surface area contributed by atoms with E-state index in [0.29, 0.717) is 6.54 Å². The molecule has 2 atom stereocenters. The van der Waals surface area contributed by atoms with Crippen LogP contribution in [0.2, 0.25) is 0 Å². The topological polar surface area (TPSA) is 87.7 Å². The number of carbonyl (C=O) groups is 2. The van der Waals surface area contributed by atoms with Crippen molar-refractivity contribution < 1.29 is 19.4 Å². The molecular weight excluding hydrogens is 292 g/mol. The molecule has 2 rings (SSSR count). The zero-order valence-corrected chi connectivity index (χ0v) is 13.0. The molecule has 1 aliphatic heterocycles. The summed E-state index contributed by atoms with van der Waals surface area (Å²) in [6.07, 6.45) is 0.979. The second kappa shape index (κ2) is 6.44. The second-order valence-electron chi connectivity index (χ2n) is 5.34. The van der Waals surface area contributed by atoms with Crippen LogP contribution in [0.25, 0.3) is 0 Å². The molecule has 1 aromatic heterocycles. The molecule has 0 radical (unpaired) electrons. The van der Waals surface area contributed by atoms with Gasteiger partial charge >= 0.3 is 12.0 Å². The van der Waals surface area contributed by atoms with Crippen LogP contribution in [-0.2, 0) is 22.5 Å². The normalized spacial score (nSPS) is 24.8. The molecule has 2 unspecified atom stereocenters. The highest BCUT2D eigenvalue weighted by Crippen LogP contribution is 2.28. The number of hydrogen-bond donors (Lipinski definition) is 3. The van der Waals surface area contributed by atoms with Crippen LogP contribution in [0.3, 0.4) is 0 Å². The van der Waals surface area contributed by atoms with Gasteiger partial charge < -0.3 is 20.5 Å². The first-order valence-corrected chi connectivity index (χ1v) is 7.70. The Balaban J connectivity index is 1.85. The minimum absolute atomic E-state index is 0.109. The first kappa shape index (κ1) is 15.8. The standard InChI is InChI=1S/C14H20N2O4S/c1-3-9-4-5-10(21-9)6-15-13(19)16-11-7-20-8-14(11,2)12(17)18/h4-5,11H,3,6-8H2,1-2H3,(H,17,18)(H2,15,16,19). The van der Waals surface area contributed by atoms with Gasteiger partial charge in [0.1, 0.15) is 5.41 Å². The van der Waals surface area contributed by atoms with Crippen molar-refractivity contribution in [2.75, 3.05) is 13.2 Å². The molecule has 21 heavy (non-hydrogen) atoms. The molecule has 116 valence electrons. The Morgan fingerprint density at radius 2 is 2.19 bits per heavy atom. The number of amides is 2. The summed E-state index contributed by atoms with van der Waals surface area (Å²) in [6, 6.07) is 3.14. The van der Waals surface area contributed by atoms with Gasteiger partial charge in [0, 0.05) is 9.75 Å². The van der Waals surface area contributed by atoms with Crippen molar-refractivity contribution in [3.8, 4) is 0 Å². The fourth-order valence-corrected chi connectivity index (χ4v) is 3.07. The van der Waals surface area contributed by atoms with Gasteiger partial charge in [0.05, 0.1) is 25.8 Å². The van der Waals surface area contributed by atoms with Gasteiger partial charge in [0.2, 0.25) is 0 Å². The third-order valence-electron chi connectivity index (χ3n) is 3.74. The number of nitrogens with one attached hydrogen (secondary N) is 2. The summed E-state index contributed by atoms with van der Waals surface area (Å²) < 4.78 is 5.19. The van der Waals surface area contributed by atoms with E-state index in [1.54, 1.807) is 18.3 Å². The summed E-state index contributed by atoms with van der Waals surface area (Å²) >= 11 is 1.66. The number of carboxylic acids is 1. The predicted octanol–water partition coefficient (Wildman–Crippen LogP) is 1.60. The van der Waals surface area contributed by atoms with Gasteiger partial charge in [-0.05, 0) is 25.5 Å². The van der Waals surface area contributed by atoms with E-state index in [9.17, 15) is 14.7 Å². The summed E-state index contributed by atoms with van der Waals surface area (Å²) in [6.45, 7) is 4.43. The number of carboxylic acid groups (broad SMARTS) is 1. The third-order valence-corrected chi connectivity index (χ3v) is 4.97. The van der Waals surface area contributed by atoms with Crippen LogP contribution < -0.4 is 10.6 Å². The molecule has 0 spiro atoms. The smallest absolute Gasteiger partial charge is 0.315 e. The highest BCUT2D eigenvalue weighted by Gasteiger charge is 2.47. The van der Waals surface area contributed by atoms with Crippen molar-refractivity contribution in [3.05, 3.63) is 21.9 Å². The maximum absolute atomic E-state index is 11.9. The lowest BCUT2D eigenvalue weighted by Crippen LogP contribution is -2.52. The van der Waals surface area contributed by atoms with Gasteiger partial charge in [-0.15, -0.1) is 11.3 Å². The molecule has 1 aromatic rings. The molecule has 1 aliphatic rings. The molecule has 0 bridgehead atoms. The maximum Gasteiger partial charge on any atom is 0.315 e.